The first-order valence-corrected chi connectivity index (χ1v) is 9.98. The van der Waals surface area contributed by atoms with E-state index in [0.29, 0.717) is 36.8 Å². The van der Waals surface area contributed by atoms with E-state index >= 15 is 0 Å². The van der Waals surface area contributed by atoms with Gasteiger partial charge in [-0.15, -0.1) is 0 Å². The molecular formula is C18H21N3O5S. The van der Waals surface area contributed by atoms with E-state index in [1.807, 2.05) is 24.3 Å². The van der Waals surface area contributed by atoms with Crippen LogP contribution in [0.2, 0.25) is 0 Å². The van der Waals surface area contributed by atoms with Crippen LogP contribution in [0.1, 0.15) is 6.42 Å². The first-order valence-electron chi connectivity index (χ1n) is 8.83. The third-order valence-corrected chi connectivity index (χ3v) is 6.22. The quantitative estimate of drug-likeness (QED) is 0.761. The lowest BCUT2D eigenvalue weighted by atomic mass is 9.99. The van der Waals surface area contributed by atoms with E-state index in [9.17, 15) is 14.4 Å². The molecule has 2 atom stereocenters. The second-order valence-corrected chi connectivity index (χ2v) is 8.08. The largest absolute Gasteiger partial charge is 0.486 e. The van der Waals surface area contributed by atoms with Gasteiger partial charge < -0.3 is 19.7 Å². The monoisotopic (exact) mass is 391 g/mol. The van der Waals surface area contributed by atoms with Gasteiger partial charge in [0.25, 0.3) is 5.91 Å². The van der Waals surface area contributed by atoms with Crippen LogP contribution in [0, 0.1) is 0 Å². The number of thioether (sulfide) groups is 1. The summed E-state index contributed by atoms with van der Waals surface area (Å²) in [4.78, 5) is 39.9. The minimum atomic E-state index is -0.829. The number of benzene rings is 1. The number of ether oxygens (including phenoxy) is 2. The van der Waals surface area contributed by atoms with Crippen LogP contribution in [0.15, 0.2) is 24.3 Å². The molecule has 9 heteroatoms. The van der Waals surface area contributed by atoms with Crippen molar-refractivity contribution >= 4 is 29.6 Å². The second kappa shape index (κ2) is 6.95. The fourth-order valence-electron chi connectivity index (χ4n) is 3.47. The number of urea groups is 1. The summed E-state index contributed by atoms with van der Waals surface area (Å²) in [5.41, 5.74) is -0.829. The van der Waals surface area contributed by atoms with Crippen molar-refractivity contribution in [3.8, 4) is 11.5 Å². The average molecular weight is 391 g/mol. The molecule has 1 spiro atoms. The normalized spacial score (nSPS) is 26.4. The zero-order chi connectivity index (χ0) is 19.0. The van der Waals surface area contributed by atoms with Crippen LogP contribution >= 0.6 is 11.8 Å². The Morgan fingerprint density at radius 2 is 2.15 bits per heavy atom. The van der Waals surface area contributed by atoms with Crippen molar-refractivity contribution < 1.29 is 23.9 Å². The summed E-state index contributed by atoms with van der Waals surface area (Å²) in [6, 6.07) is 6.88. The minimum Gasteiger partial charge on any atom is -0.486 e. The number of amides is 4. The maximum atomic E-state index is 12.6. The van der Waals surface area contributed by atoms with Gasteiger partial charge in [0.15, 0.2) is 17.6 Å². The summed E-state index contributed by atoms with van der Waals surface area (Å²) in [6.07, 6.45) is 0.296. The third kappa shape index (κ3) is 3.31. The number of nitrogens with one attached hydrogen (secondary N) is 1. The molecule has 0 radical (unpaired) electrons. The second-order valence-electron chi connectivity index (χ2n) is 6.98. The summed E-state index contributed by atoms with van der Waals surface area (Å²) in [5.74, 6) is 2.10. The van der Waals surface area contributed by atoms with Crippen molar-refractivity contribution in [2.45, 2.75) is 18.1 Å². The summed E-state index contributed by atoms with van der Waals surface area (Å²) >= 11 is 1.63. The molecule has 0 aliphatic carbocycles. The van der Waals surface area contributed by atoms with Crippen molar-refractivity contribution in [2.75, 3.05) is 38.2 Å². The maximum absolute atomic E-state index is 12.6. The number of carbonyl (C=O) groups is 3. The van der Waals surface area contributed by atoms with Gasteiger partial charge in [0.05, 0.1) is 6.54 Å². The number of hydrogen-bond acceptors (Lipinski definition) is 6. The molecule has 144 valence electrons. The van der Waals surface area contributed by atoms with E-state index in [2.05, 4.69) is 5.32 Å². The van der Waals surface area contributed by atoms with E-state index in [1.165, 1.54) is 4.90 Å². The first kappa shape index (κ1) is 18.0. The molecule has 2 unspecified atom stereocenters. The van der Waals surface area contributed by atoms with Crippen LogP contribution in [-0.4, -0.2) is 77.5 Å². The van der Waals surface area contributed by atoms with Crippen LogP contribution in [0.3, 0.4) is 0 Å². The predicted molar refractivity (Wildman–Crippen MR) is 98.9 cm³/mol. The van der Waals surface area contributed by atoms with E-state index in [1.54, 1.807) is 18.8 Å². The molecule has 3 aliphatic heterocycles. The highest BCUT2D eigenvalue weighted by molar-refractivity contribution is 7.99. The Hall–Kier alpha value is -2.42. The molecule has 0 bridgehead atoms. The Balaban J connectivity index is 1.35. The van der Waals surface area contributed by atoms with E-state index in [0.717, 1.165) is 10.7 Å². The number of imide groups is 1. The molecule has 8 nitrogen and oxygen atoms in total. The highest BCUT2D eigenvalue weighted by Crippen LogP contribution is 2.33. The molecule has 3 heterocycles. The van der Waals surface area contributed by atoms with E-state index < -0.39 is 11.6 Å². The Morgan fingerprint density at radius 1 is 1.37 bits per heavy atom. The Kier molecular flexibility index (Phi) is 4.63. The lowest BCUT2D eigenvalue weighted by molar-refractivity contribution is -0.138. The third-order valence-electron chi connectivity index (χ3n) is 5.03. The zero-order valence-corrected chi connectivity index (χ0v) is 15.8. The number of likely N-dealkylation sites (N-methyl/N-ethyl adjacent to an activating group) is 1. The van der Waals surface area contributed by atoms with Crippen LogP contribution in [0.25, 0.3) is 0 Å². The van der Waals surface area contributed by atoms with Gasteiger partial charge in [-0.05, 0) is 24.3 Å². The van der Waals surface area contributed by atoms with Crippen molar-refractivity contribution in [1.82, 2.24) is 15.1 Å². The number of para-hydroxylation sites is 2. The Bertz CT molecular complexity index is 780. The predicted octanol–water partition coefficient (Wildman–Crippen LogP) is 0.712. The summed E-state index contributed by atoms with van der Waals surface area (Å²) in [5, 5.41) is 2.77. The van der Waals surface area contributed by atoms with E-state index in [4.69, 9.17) is 9.47 Å². The Morgan fingerprint density at radius 3 is 2.89 bits per heavy atom. The molecule has 0 saturated carbocycles. The summed E-state index contributed by atoms with van der Waals surface area (Å²) in [7, 11) is 1.63. The van der Waals surface area contributed by atoms with Crippen molar-refractivity contribution in [3.05, 3.63) is 24.3 Å². The fourth-order valence-corrected chi connectivity index (χ4v) is 4.79. The van der Waals surface area contributed by atoms with Gasteiger partial charge in [0.2, 0.25) is 5.91 Å². The molecule has 27 heavy (non-hydrogen) atoms. The molecule has 0 aromatic heterocycles. The van der Waals surface area contributed by atoms with Gasteiger partial charge in [-0.25, -0.2) is 4.79 Å². The van der Waals surface area contributed by atoms with Crippen molar-refractivity contribution in [3.63, 3.8) is 0 Å². The number of rotatable bonds is 4. The fraction of sp³-hybridized carbons (Fsp3) is 0.500. The van der Waals surface area contributed by atoms with Crippen LogP contribution in [0.5, 0.6) is 11.5 Å². The average Bonchev–Trinajstić information content (AvgIpc) is 3.22. The summed E-state index contributed by atoms with van der Waals surface area (Å²) in [6.45, 7) is 0.369. The van der Waals surface area contributed by atoms with Gasteiger partial charge in [0, 0.05) is 12.8 Å². The number of hydrogen-bond donors (Lipinski definition) is 1. The SMILES string of the molecule is CN(CC1COc2ccccc2O1)C(=O)CN1C(=O)NC2(CCSC2)C1=O. The molecule has 3 aliphatic rings. The number of nitrogens with zero attached hydrogens (tertiary/aromatic N) is 2. The van der Waals surface area contributed by atoms with Crippen molar-refractivity contribution in [1.29, 1.82) is 0 Å². The molecular weight excluding hydrogens is 370 g/mol. The molecule has 1 aromatic rings. The molecule has 1 aromatic carbocycles. The lowest BCUT2D eigenvalue weighted by Gasteiger charge is -2.30. The molecule has 1 N–H and O–H groups in total. The van der Waals surface area contributed by atoms with E-state index in [-0.39, 0.29) is 24.5 Å². The maximum Gasteiger partial charge on any atom is 0.325 e. The van der Waals surface area contributed by atoms with Crippen molar-refractivity contribution in [2.24, 2.45) is 0 Å². The molecule has 4 rings (SSSR count). The zero-order valence-electron chi connectivity index (χ0n) is 15.0. The molecule has 2 fully saturated rings. The molecule has 4 amide bonds. The highest BCUT2D eigenvalue weighted by Gasteiger charge is 2.53. The lowest BCUT2D eigenvalue weighted by Crippen LogP contribution is -2.48. The standard InChI is InChI=1S/C18H21N3O5S/c1-20(8-12-10-25-13-4-2-3-5-14(13)26-12)15(22)9-21-16(23)18(19-17(21)24)6-7-27-11-18/h2-5,12H,6-11H2,1H3,(H,19,24). The van der Waals surface area contributed by atoms with Crippen LogP contribution < -0.4 is 14.8 Å². The first-order chi connectivity index (χ1) is 13.0. The smallest absolute Gasteiger partial charge is 0.325 e. The van der Waals surface area contributed by atoms with Crippen LogP contribution in [0.4, 0.5) is 4.79 Å². The summed E-state index contributed by atoms with van der Waals surface area (Å²) < 4.78 is 11.5. The number of carbonyl (C=O) groups excluding carboxylic acids is 3. The van der Waals surface area contributed by atoms with Gasteiger partial charge in [-0.3, -0.25) is 14.5 Å². The molecule has 2 saturated heterocycles. The number of fused-ring (bicyclic) bond motifs is 1. The minimum absolute atomic E-state index is 0.266. The Labute approximate surface area is 161 Å². The van der Waals surface area contributed by atoms with Gasteiger partial charge in [-0.2, -0.15) is 11.8 Å². The van der Waals surface area contributed by atoms with Gasteiger partial charge >= 0.3 is 6.03 Å². The van der Waals surface area contributed by atoms with Crippen LogP contribution in [-0.2, 0) is 9.59 Å². The highest BCUT2D eigenvalue weighted by atomic mass is 32.2. The van der Waals surface area contributed by atoms with Gasteiger partial charge in [-0.1, -0.05) is 12.1 Å². The van der Waals surface area contributed by atoms with Gasteiger partial charge in [0.1, 0.15) is 18.7 Å². The topological polar surface area (TPSA) is 88.2 Å².